The molecule has 0 aliphatic carbocycles. The second-order valence-electron chi connectivity index (χ2n) is 5.66. The maximum Gasteiger partial charge on any atom is 0.0122 e. The zero-order chi connectivity index (χ0) is 16.5. The Bertz CT molecular complexity index is 704. The van der Waals surface area contributed by atoms with Gasteiger partial charge in [0.25, 0.3) is 0 Å². The van der Waals surface area contributed by atoms with Crippen LogP contribution in [0.25, 0.3) is 5.57 Å². The molecule has 0 amide bonds. The Balaban J connectivity index is 1.64. The molecule has 3 rings (SSSR count). The molecule has 0 saturated heterocycles. The number of rotatable bonds is 7. The molecule has 0 aliphatic heterocycles. The third kappa shape index (κ3) is 4.87. The largest absolute Gasteiger partial charge is 0.157 e. The summed E-state index contributed by atoms with van der Waals surface area (Å²) in [4.78, 5) is 0. The smallest absolute Gasteiger partial charge is 0.0122 e. The van der Waals surface area contributed by atoms with Crippen LogP contribution in [0.2, 0.25) is 0 Å². The first-order chi connectivity index (χ1) is 11.9. The predicted molar refractivity (Wildman–Crippen MR) is 107 cm³/mol. The van der Waals surface area contributed by atoms with Crippen molar-refractivity contribution >= 4 is 17.3 Å². The number of hydrogen-bond donors (Lipinski definition) is 0. The Morgan fingerprint density at radius 2 is 1.17 bits per heavy atom. The van der Waals surface area contributed by atoms with E-state index in [0.29, 0.717) is 0 Å². The third-order valence-corrected chi connectivity index (χ3v) is 4.85. The number of thioether (sulfide) groups is 1. The molecular weight excluding hydrogens is 308 g/mol. The Morgan fingerprint density at radius 1 is 0.667 bits per heavy atom. The molecule has 0 aliphatic rings. The van der Waals surface area contributed by atoms with Crippen molar-refractivity contribution in [3.63, 3.8) is 0 Å². The van der Waals surface area contributed by atoms with Gasteiger partial charge in [-0.15, -0.1) is 0 Å². The van der Waals surface area contributed by atoms with E-state index in [1.165, 1.54) is 22.3 Å². The molecule has 0 atom stereocenters. The normalized spacial score (nSPS) is 10.3. The van der Waals surface area contributed by atoms with E-state index in [4.69, 9.17) is 0 Å². The molecule has 0 bridgehead atoms. The summed E-state index contributed by atoms with van der Waals surface area (Å²) in [5, 5.41) is 0. The Labute approximate surface area is 149 Å². The average molecular weight is 330 g/mol. The van der Waals surface area contributed by atoms with Gasteiger partial charge in [0.1, 0.15) is 0 Å². The van der Waals surface area contributed by atoms with Gasteiger partial charge in [-0.2, -0.15) is 11.8 Å². The van der Waals surface area contributed by atoms with E-state index < -0.39 is 0 Å². The molecule has 0 radical (unpaired) electrons. The van der Waals surface area contributed by atoms with Crippen molar-refractivity contribution in [2.24, 2.45) is 0 Å². The summed E-state index contributed by atoms with van der Waals surface area (Å²) in [5.74, 6) is 2.18. The SMILES string of the molecule is C(CSCCc1ccccc1)=C(c1ccccc1)c1ccccc1. The van der Waals surface area contributed by atoms with E-state index in [1.54, 1.807) is 0 Å². The van der Waals surface area contributed by atoms with Gasteiger partial charge in [-0.1, -0.05) is 97.1 Å². The van der Waals surface area contributed by atoms with Crippen molar-refractivity contribution < 1.29 is 0 Å². The number of benzene rings is 3. The van der Waals surface area contributed by atoms with Crippen LogP contribution in [0.1, 0.15) is 16.7 Å². The summed E-state index contributed by atoms with van der Waals surface area (Å²) in [6, 6.07) is 32.0. The van der Waals surface area contributed by atoms with Crippen molar-refractivity contribution in [1.82, 2.24) is 0 Å². The molecule has 0 N–H and O–H groups in total. The van der Waals surface area contributed by atoms with Gasteiger partial charge in [0.2, 0.25) is 0 Å². The fourth-order valence-electron chi connectivity index (χ4n) is 2.70. The summed E-state index contributed by atoms with van der Waals surface area (Å²) >= 11 is 1.99. The molecule has 0 fully saturated rings. The van der Waals surface area contributed by atoms with Crippen molar-refractivity contribution in [1.29, 1.82) is 0 Å². The predicted octanol–water partition coefficient (Wildman–Crippen LogP) is 6.09. The van der Waals surface area contributed by atoms with Crippen LogP contribution in [0.3, 0.4) is 0 Å². The third-order valence-electron chi connectivity index (χ3n) is 3.95. The molecule has 0 heterocycles. The van der Waals surface area contributed by atoms with E-state index >= 15 is 0 Å². The lowest BCUT2D eigenvalue weighted by atomic mass is 9.98. The van der Waals surface area contributed by atoms with Gasteiger partial charge >= 0.3 is 0 Å². The Hall–Kier alpha value is -2.25. The summed E-state index contributed by atoms with van der Waals surface area (Å²) in [7, 11) is 0. The van der Waals surface area contributed by atoms with E-state index in [-0.39, 0.29) is 0 Å². The summed E-state index contributed by atoms with van der Waals surface area (Å²) in [6.45, 7) is 0. The summed E-state index contributed by atoms with van der Waals surface area (Å²) in [6.07, 6.45) is 3.49. The van der Waals surface area contributed by atoms with Gasteiger partial charge in [0.05, 0.1) is 0 Å². The minimum absolute atomic E-state index is 1.03. The van der Waals surface area contributed by atoms with Crippen LogP contribution in [0.15, 0.2) is 97.1 Å². The lowest BCUT2D eigenvalue weighted by Crippen LogP contribution is -1.91. The summed E-state index contributed by atoms with van der Waals surface area (Å²) < 4.78 is 0. The first-order valence-corrected chi connectivity index (χ1v) is 9.51. The van der Waals surface area contributed by atoms with E-state index in [9.17, 15) is 0 Å². The molecule has 0 nitrogen and oxygen atoms in total. The van der Waals surface area contributed by atoms with Crippen LogP contribution in [0, 0.1) is 0 Å². The molecule has 3 aromatic rings. The van der Waals surface area contributed by atoms with Crippen LogP contribution in [-0.4, -0.2) is 11.5 Å². The fraction of sp³-hybridized carbons (Fsp3) is 0.130. The highest BCUT2D eigenvalue weighted by molar-refractivity contribution is 7.99. The average Bonchev–Trinajstić information content (AvgIpc) is 2.67. The molecule has 24 heavy (non-hydrogen) atoms. The second kappa shape index (κ2) is 9.14. The highest BCUT2D eigenvalue weighted by Gasteiger charge is 2.03. The highest BCUT2D eigenvalue weighted by atomic mass is 32.2. The zero-order valence-electron chi connectivity index (χ0n) is 13.8. The molecular formula is C23H22S. The van der Waals surface area contributed by atoms with Gasteiger partial charge in [-0.05, 0) is 34.4 Å². The van der Waals surface area contributed by atoms with Crippen LogP contribution in [0.4, 0.5) is 0 Å². The quantitative estimate of drug-likeness (QED) is 0.472. The van der Waals surface area contributed by atoms with E-state index in [2.05, 4.69) is 97.1 Å². The molecule has 0 saturated carbocycles. The first-order valence-electron chi connectivity index (χ1n) is 8.36. The molecule has 0 unspecified atom stereocenters. The van der Waals surface area contributed by atoms with Crippen LogP contribution >= 0.6 is 11.8 Å². The monoisotopic (exact) mass is 330 g/mol. The zero-order valence-corrected chi connectivity index (χ0v) is 14.6. The van der Waals surface area contributed by atoms with Crippen LogP contribution in [-0.2, 0) is 6.42 Å². The Kier molecular flexibility index (Phi) is 6.33. The molecule has 3 aromatic carbocycles. The molecule has 0 spiro atoms. The topological polar surface area (TPSA) is 0 Å². The highest BCUT2D eigenvalue weighted by Crippen LogP contribution is 2.24. The van der Waals surface area contributed by atoms with Gasteiger partial charge in [0.15, 0.2) is 0 Å². The van der Waals surface area contributed by atoms with Gasteiger partial charge in [-0.3, -0.25) is 0 Å². The van der Waals surface area contributed by atoms with Crippen molar-refractivity contribution in [3.05, 3.63) is 114 Å². The van der Waals surface area contributed by atoms with Crippen LogP contribution < -0.4 is 0 Å². The second-order valence-corrected chi connectivity index (χ2v) is 6.81. The maximum absolute atomic E-state index is 2.36. The molecule has 120 valence electrons. The van der Waals surface area contributed by atoms with Crippen molar-refractivity contribution in [2.75, 3.05) is 11.5 Å². The maximum atomic E-state index is 2.36. The minimum atomic E-state index is 1.03. The van der Waals surface area contributed by atoms with Gasteiger partial charge in [0, 0.05) is 5.75 Å². The van der Waals surface area contributed by atoms with Crippen molar-refractivity contribution in [2.45, 2.75) is 6.42 Å². The van der Waals surface area contributed by atoms with E-state index in [1.807, 2.05) is 11.8 Å². The minimum Gasteiger partial charge on any atom is -0.157 e. The number of aryl methyl sites for hydroxylation is 1. The molecule has 0 aromatic heterocycles. The summed E-state index contributed by atoms with van der Waals surface area (Å²) in [5.41, 5.74) is 5.31. The Morgan fingerprint density at radius 3 is 1.71 bits per heavy atom. The van der Waals surface area contributed by atoms with E-state index in [0.717, 1.165) is 17.9 Å². The molecule has 1 heteroatoms. The van der Waals surface area contributed by atoms with Gasteiger partial charge in [-0.25, -0.2) is 0 Å². The van der Waals surface area contributed by atoms with Gasteiger partial charge < -0.3 is 0 Å². The lowest BCUT2D eigenvalue weighted by molar-refractivity contribution is 1.16. The number of hydrogen-bond acceptors (Lipinski definition) is 1. The van der Waals surface area contributed by atoms with Crippen molar-refractivity contribution in [3.8, 4) is 0 Å². The lowest BCUT2D eigenvalue weighted by Gasteiger charge is -2.09. The van der Waals surface area contributed by atoms with Crippen LogP contribution in [0.5, 0.6) is 0 Å². The standard InChI is InChI=1S/C23H22S/c1-4-10-20(11-5-1)16-18-24-19-17-23(21-12-6-2-7-13-21)22-14-8-3-9-15-22/h1-15,17H,16,18-19H2. The first kappa shape index (κ1) is 16.6. The fourth-order valence-corrected chi connectivity index (χ4v) is 3.53.